The van der Waals surface area contributed by atoms with E-state index >= 15 is 0 Å². The molecular weight excluding hydrogens is 308 g/mol. The lowest BCUT2D eigenvalue weighted by atomic mass is 10.2. The number of methoxy groups -OCH3 is 1. The molecule has 2 aromatic rings. The van der Waals surface area contributed by atoms with E-state index in [-0.39, 0.29) is 12.7 Å². The minimum absolute atomic E-state index is 0.0418. The lowest BCUT2D eigenvalue weighted by Gasteiger charge is -2.14. The molecular formula is C18H21N2O4+. The van der Waals surface area contributed by atoms with E-state index in [1.807, 2.05) is 37.4 Å². The molecule has 24 heavy (non-hydrogen) atoms. The average Bonchev–Trinajstić information content (AvgIpc) is 3.03. The highest BCUT2D eigenvalue weighted by molar-refractivity contribution is 5.91. The Labute approximate surface area is 140 Å². The van der Waals surface area contributed by atoms with Crippen LogP contribution in [0.2, 0.25) is 0 Å². The highest BCUT2D eigenvalue weighted by atomic mass is 16.7. The second kappa shape index (κ2) is 7.23. The molecule has 126 valence electrons. The van der Waals surface area contributed by atoms with Gasteiger partial charge in [-0.05, 0) is 36.4 Å². The van der Waals surface area contributed by atoms with E-state index in [4.69, 9.17) is 14.2 Å². The molecule has 0 aromatic heterocycles. The molecule has 2 aromatic carbocycles. The number of carbonyl (C=O) groups is 1. The third-order valence-corrected chi connectivity index (χ3v) is 3.78. The lowest BCUT2D eigenvalue weighted by Crippen LogP contribution is -3.08. The predicted molar refractivity (Wildman–Crippen MR) is 89.6 cm³/mol. The summed E-state index contributed by atoms with van der Waals surface area (Å²) in [6.07, 6.45) is 0. The minimum atomic E-state index is -0.0418. The molecule has 1 aliphatic heterocycles. The second-order valence-electron chi connectivity index (χ2n) is 5.77. The Morgan fingerprint density at radius 3 is 2.67 bits per heavy atom. The van der Waals surface area contributed by atoms with Crippen molar-refractivity contribution >= 4 is 11.6 Å². The van der Waals surface area contributed by atoms with Gasteiger partial charge in [0, 0.05) is 17.3 Å². The molecule has 1 amide bonds. The van der Waals surface area contributed by atoms with Crippen LogP contribution in [0.4, 0.5) is 5.69 Å². The van der Waals surface area contributed by atoms with Crippen LogP contribution in [-0.2, 0) is 11.3 Å². The molecule has 1 unspecified atom stereocenters. The number of amides is 1. The zero-order valence-corrected chi connectivity index (χ0v) is 13.8. The number of rotatable bonds is 6. The summed E-state index contributed by atoms with van der Waals surface area (Å²) in [5, 5.41) is 2.89. The van der Waals surface area contributed by atoms with Gasteiger partial charge in [-0.2, -0.15) is 0 Å². The first-order chi connectivity index (χ1) is 11.6. The summed E-state index contributed by atoms with van der Waals surface area (Å²) in [6, 6.07) is 13.3. The first-order valence-corrected chi connectivity index (χ1v) is 7.78. The van der Waals surface area contributed by atoms with Crippen molar-refractivity contribution in [3.05, 3.63) is 48.0 Å². The van der Waals surface area contributed by atoms with Crippen molar-refractivity contribution in [3.63, 3.8) is 0 Å². The highest BCUT2D eigenvalue weighted by Gasteiger charge is 2.15. The van der Waals surface area contributed by atoms with E-state index in [9.17, 15) is 4.79 Å². The van der Waals surface area contributed by atoms with E-state index in [0.29, 0.717) is 23.7 Å². The molecule has 0 spiro atoms. The number of hydrogen-bond donors (Lipinski definition) is 2. The second-order valence-corrected chi connectivity index (χ2v) is 5.77. The van der Waals surface area contributed by atoms with Crippen molar-refractivity contribution in [1.82, 2.24) is 0 Å². The van der Waals surface area contributed by atoms with Gasteiger partial charge in [-0.25, -0.2) is 0 Å². The number of nitrogens with one attached hydrogen (secondary N) is 2. The molecule has 2 N–H and O–H groups in total. The Hall–Kier alpha value is -2.73. The molecule has 1 heterocycles. The molecule has 1 aliphatic rings. The zero-order valence-electron chi connectivity index (χ0n) is 13.8. The van der Waals surface area contributed by atoms with E-state index in [0.717, 1.165) is 22.8 Å². The molecule has 3 rings (SSSR count). The van der Waals surface area contributed by atoms with Crippen LogP contribution in [-0.4, -0.2) is 33.4 Å². The highest BCUT2D eigenvalue weighted by Crippen LogP contribution is 2.34. The van der Waals surface area contributed by atoms with Crippen LogP contribution in [0.15, 0.2) is 42.5 Å². The van der Waals surface area contributed by atoms with Crippen molar-refractivity contribution in [2.24, 2.45) is 0 Å². The van der Waals surface area contributed by atoms with Crippen LogP contribution >= 0.6 is 0 Å². The summed E-state index contributed by atoms with van der Waals surface area (Å²) < 4.78 is 15.7. The summed E-state index contributed by atoms with van der Waals surface area (Å²) in [4.78, 5) is 13.3. The van der Waals surface area contributed by atoms with Crippen LogP contribution in [0.25, 0.3) is 0 Å². The number of benzene rings is 2. The van der Waals surface area contributed by atoms with Crippen molar-refractivity contribution in [1.29, 1.82) is 0 Å². The first kappa shape index (κ1) is 16.1. The fourth-order valence-electron chi connectivity index (χ4n) is 2.61. The van der Waals surface area contributed by atoms with Crippen molar-refractivity contribution in [2.45, 2.75) is 6.54 Å². The molecule has 6 nitrogen and oxygen atoms in total. The number of fused-ring (bicyclic) bond motifs is 1. The first-order valence-electron chi connectivity index (χ1n) is 7.78. The number of likely N-dealkylation sites (N-methyl/N-ethyl adjacent to an activating group) is 1. The van der Waals surface area contributed by atoms with Crippen LogP contribution in [0.3, 0.4) is 0 Å². The van der Waals surface area contributed by atoms with E-state index in [1.54, 1.807) is 19.2 Å². The standard InChI is InChI=1S/C18H20N2O4/c1-20(10-13-3-6-15(22-2)7-4-13)11-18(21)19-14-5-8-16-17(9-14)24-12-23-16/h3-9H,10-12H2,1-2H3,(H,19,21)/p+1. The van der Waals surface area contributed by atoms with Gasteiger partial charge in [-0.1, -0.05) is 0 Å². The van der Waals surface area contributed by atoms with Gasteiger partial charge in [-0.3, -0.25) is 4.79 Å². The Kier molecular flexibility index (Phi) is 4.86. The molecule has 6 heteroatoms. The molecule has 0 saturated carbocycles. The lowest BCUT2D eigenvalue weighted by molar-refractivity contribution is -0.885. The van der Waals surface area contributed by atoms with Crippen molar-refractivity contribution in [2.75, 3.05) is 32.8 Å². The molecule has 0 radical (unpaired) electrons. The Morgan fingerprint density at radius 2 is 1.92 bits per heavy atom. The fraction of sp³-hybridized carbons (Fsp3) is 0.278. The Bertz CT molecular complexity index is 715. The predicted octanol–water partition coefficient (Wildman–Crippen LogP) is 1.08. The van der Waals surface area contributed by atoms with Crippen molar-refractivity contribution < 1.29 is 23.9 Å². The summed E-state index contributed by atoms with van der Waals surface area (Å²) in [5.41, 5.74) is 1.87. The summed E-state index contributed by atoms with van der Waals surface area (Å²) >= 11 is 0. The van der Waals surface area contributed by atoms with Gasteiger partial charge < -0.3 is 24.4 Å². The van der Waals surface area contributed by atoms with Gasteiger partial charge in [0.15, 0.2) is 18.0 Å². The summed E-state index contributed by atoms with van der Waals surface area (Å²) in [7, 11) is 3.64. The Morgan fingerprint density at radius 1 is 1.17 bits per heavy atom. The van der Waals surface area contributed by atoms with Crippen molar-refractivity contribution in [3.8, 4) is 17.2 Å². The number of ether oxygens (including phenoxy) is 3. The summed E-state index contributed by atoms with van der Waals surface area (Å²) in [6.45, 7) is 1.36. The van der Waals surface area contributed by atoms with Gasteiger partial charge in [0.25, 0.3) is 5.91 Å². The van der Waals surface area contributed by atoms with E-state index in [1.165, 1.54) is 0 Å². The molecule has 0 aliphatic carbocycles. The number of carbonyl (C=O) groups excluding carboxylic acids is 1. The number of anilines is 1. The maximum Gasteiger partial charge on any atom is 0.279 e. The number of quaternary nitrogens is 1. The van der Waals surface area contributed by atoms with Crippen LogP contribution < -0.4 is 24.4 Å². The van der Waals surface area contributed by atoms with Gasteiger partial charge in [-0.15, -0.1) is 0 Å². The topological polar surface area (TPSA) is 61.2 Å². The minimum Gasteiger partial charge on any atom is -0.497 e. The van der Waals surface area contributed by atoms with Gasteiger partial charge in [0.05, 0.1) is 14.2 Å². The molecule has 1 atom stereocenters. The van der Waals surface area contributed by atoms with Crippen LogP contribution in [0.5, 0.6) is 17.2 Å². The van der Waals surface area contributed by atoms with Gasteiger partial charge in [0.1, 0.15) is 12.3 Å². The third-order valence-electron chi connectivity index (χ3n) is 3.78. The molecule has 0 bridgehead atoms. The zero-order chi connectivity index (χ0) is 16.9. The average molecular weight is 329 g/mol. The largest absolute Gasteiger partial charge is 0.497 e. The molecule has 0 fully saturated rings. The van der Waals surface area contributed by atoms with Crippen LogP contribution in [0.1, 0.15) is 5.56 Å². The number of hydrogen-bond acceptors (Lipinski definition) is 4. The maximum atomic E-state index is 12.2. The molecule has 0 saturated heterocycles. The fourth-order valence-corrected chi connectivity index (χ4v) is 2.61. The van der Waals surface area contributed by atoms with Gasteiger partial charge >= 0.3 is 0 Å². The smallest absolute Gasteiger partial charge is 0.279 e. The van der Waals surface area contributed by atoms with Crippen LogP contribution in [0, 0.1) is 0 Å². The SMILES string of the molecule is COc1ccc(C[NH+](C)CC(=O)Nc2ccc3c(c2)OCO3)cc1. The Balaban J connectivity index is 1.52. The van der Waals surface area contributed by atoms with E-state index < -0.39 is 0 Å². The van der Waals surface area contributed by atoms with Gasteiger partial charge in [0.2, 0.25) is 6.79 Å². The maximum absolute atomic E-state index is 12.2. The normalized spacial score (nSPS) is 13.4. The quantitative estimate of drug-likeness (QED) is 0.832. The summed E-state index contributed by atoms with van der Waals surface area (Å²) in [5.74, 6) is 2.15. The van der Waals surface area contributed by atoms with E-state index in [2.05, 4.69) is 5.32 Å². The monoisotopic (exact) mass is 329 g/mol. The third kappa shape index (κ3) is 3.97.